The standard InChI is InChI=1S/C12H16ClNO2/c13-12(15)11-6-5-10(16-11)9-14-7-3-1-2-4-8-14/h5-6H,1-4,7-9H2. The SMILES string of the molecule is O=C(Cl)c1ccc(CN2CCCCCC2)o1. The molecule has 0 radical (unpaired) electrons. The first-order valence-electron chi connectivity index (χ1n) is 5.76. The first-order valence-corrected chi connectivity index (χ1v) is 6.14. The van der Waals surface area contributed by atoms with E-state index in [9.17, 15) is 4.79 Å². The highest BCUT2D eigenvalue weighted by Crippen LogP contribution is 2.16. The number of likely N-dealkylation sites (tertiary alicyclic amines) is 1. The van der Waals surface area contributed by atoms with Gasteiger partial charge in [-0.1, -0.05) is 12.8 Å². The lowest BCUT2D eigenvalue weighted by atomic mass is 10.2. The van der Waals surface area contributed by atoms with Crippen LogP contribution in [0.2, 0.25) is 0 Å². The lowest BCUT2D eigenvalue weighted by Crippen LogP contribution is -2.23. The number of furan rings is 1. The molecule has 4 heteroatoms. The Morgan fingerprint density at radius 3 is 2.50 bits per heavy atom. The van der Waals surface area contributed by atoms with Gasteiger partial charge in [0.2, 0.25) is 0 Å². The zero-order valence-corrected chi connectivity index (χ0v) is 10.0. The fourth-order valence-electron chi connectivity index (χ4n) is 2.08. The lowest BCUT2D eigenvalue weighted by Gasteiger charge is -2.17. The Hall–Kier alpha value is -0.800. The van der Waals surface area contributed by atoms with Crippen molar-refractivity contribution in [3.63, 3.8) is 0 Å². The Morgan fingerprint density at radius 2 is 1.94 bits per heavy atom. The first-order chi connectivity index (χ1) is 7.75. The fraction of sp³-hybridized carbons (Fsp3) is 0.583. The van der Waals surface area contributed by atoms with Gasteiger partial charge in [-0.2, -0.15) is 0 Å². The van der Waals surface area contributed by atoms with Gasteiger partial charge in [0, 0.05) is 0 Å². The van der Waals surface area contributed by atoms with E-state index in [2.05, 4.69) is 4.90 Å². The molecule has 16 heavy (non-hydrogen) atoms. The Morgan fingerprint density at radius 1 is 1.25 bits per heavy atom. The highest BCUT2D eigenvalue weighted by atomic mass is 35.5. The molecule has 2 heterocycles. The minimum absolute atomic E-state index is 0.242. The van der Waals surface area contributed by atoms with E-state index in [4.69, 9.17) is 16.0 Å². The molecule has 1 fully saturated rings. The molecule has 0 aliphatic carbocycles. The summed E-state index contributed by atoms with van der Waals surface area (Å²) in [7, 11) is 0. The van der Waals surface area contributed by atoms with Crippen LogP contribution in [-0.2, 0) is 6.54 Å². The third-order valence-electron chi connectivity index (χ3n) is 2.93. The van der Waals surface area contributed by atoms with Crippen molar-refractivity contribution in [3.8, 4) is 0 Å². The van der Waals surface area contributed by atoms with Crippen molar-refractivity contribution in [1.82, 2.24) is 4.90 Å². The predicted molar refractivity (Wildman–Crippen MR) is 62.6 cm³/mol. The van der Waals surface area contributed by atoms with Gasteiger partial charge in [0.05, 0.1) is 6.54 Å². The molecule has 1 aliphatic rings. The molecule has 0 spiro atoms. The number of rotatable bonds is 3. The summed E-state index contributed by atoms with van der Waals surface area (Å²) >= 11 is 5.34. The van der Waals surface area contributed by atoms with Crippen LogP contribution in [-0.4, -0.2) is 23.2 Å². The number of hydrogen-bond acceptors (Lipinski definition) is 3. The lowest BCUT2D eigenvalue weighted by molar-refractivity contribution is 0.105. The van der Waals surface area contributed by atoms with Crippen LogP contribution < -0.4 is 0 Å². The third-order valence-corrected chi connectivity index (χ3v) is 3.12. The summed E-state index contributed by atoms with van der Waals surface area (Å²) in [4.78, 5) is 13.2. The van der Waals surface area contributed by atoms with Crippen LogP contribution in [0.1, 0.15) is 42.0 Å². The van der Waals surface area contributed by atoms with E-state index in [1.54, 1.807) is 6.07 Å². The molecular formula is C12H16ClNO2. The zero-order valence-electron chi connectivity index (χ0n) is 9.25. The molecule has 1 aromatic rings. The summed E-state index contributed by atoms with van der Waals surface area (Å²) in [5, 5.41) is -0.526. The summed E-state index contributed by atoms with van der Waals surface area (Å²) < 4.78 is 5.37. The van der Waals surface area contributed by atoms with E-state index in [1.807, 2.05) is 6.07 Å². The van der Waals surface area contributed by atoms with Gasteiger partial charge in [-0.3, -0.25) is 9.69 Å². The topological polar surface area (TPSA) is 33.5 Å². The summed E-state index contributed by atoms with van der Waals surface area (Å²) in [6.07, 6.45) is 5.14. The molecule has 1 aromatic heterocycles. The van der Waals surface area contributed by atoms with Crippen LogP contribution in [0.3, 0.4) is 0 Å². The van der Waals surface area contributed by atoms with Gasteiger partial charge in [-0.15, -0.1) is 0 Å². The third kappa shape index (κ3) is 3.09. The van der Waals surface area contributed by atoms with Crippen LogP contribution in [0.25, 0.3) is 0 Å². The zero-order chi connectivity index (χ0) is 11.4. The largest absolute Gasteiger partial charge is 0.455 e. The molecule has 0 bridgehead atoms. The maximum absolute atomic E-state index is 10.9. The molecule has 1 aliphatic heterocycles. The number of hydrogen-bond donors (Lipinski definition) is 0. The minimum Gasteiger partial charge on any atom is -0.455 e. The molecule has 3 nitrogen and oxygen atoms in total. The van der Waals surface area contributed by atoms with Crippen molar-refractivity contribution in [2.75, 3.05) is 13.1 Å². The maximum atomic E-state index is 10.9. The normalized spacial score (nSPS) is 18.3. The predicted octanol–water partition coefficient (Wildman–Crippen LogP) is 3.03. The van der Waals surface area contributed by atoms with Crippen LogP contribution in [0, 0.1) is 0 Å². The summed E-state index contributed by atoms with van der Waals surface area (Å²) in [6, 6.07) is 3.48. The Balaban J connectivity index is 1.94. The maximum Gasteiger partial charge on any atom is 0.287 e. The van der Waals surface area contributed by atoms with Crippen LogP contribution in [0.5, 0.6) is 0 Å². The van der Waals surface area contributed by atoms with Crippen LogP contribution in [0.4, 0.5) is 0 Å². The fourth-order valence-corrected chi connectivity index (χ4v) is 2.18. The molecular weight excluding hydrogens is 226 g/mol. The summed E-state index contributed by atoms with van der Waals surface area (Å²) in [6.45, 7) is 3.01. The molecule has 88 valence electrons. The highest BCUT2D eigenvalue weighted by Gasteiger charge is 2.13. The molecule has 0 unspecified atom stereocenters. The monoisotopic (exact) mass is 241 g/mol. The van der Waals surface area contributed by atoms with Gasteiger partial charge in [0.1, 0.15) is 5.76 Å². The smallest absolute Gasteiger partial charge is 0.287 e. The second-order valence-electron chi connectivity index (χ2n) is 4.23. The molecule has 0 atom stereocenters. The Labute approximate surface area is 100 Å². The van der Waals surface area contributed by atoms with Crippen molar-refractivity contribution in [2.45, 2.75) is 32.2 Å². The molecule has 2 rings (SSSR count). The van der Waals surface area contributed by atoms with Crippen LogP contribution >= 0.6 is 11.6 Å². The van der Waals surface area contributed by atoms with E-state index in [0.717, 1.165) is 25.4 Å². The Bertz CT molecular complexity index is 354. The van der Waals surface area contributed by atoms with Gasteiger partial charge < -0.3 is 4.42 Å². The first kappa shape index (κ1) is 11.7. The minimum atomic E-state index is -0.526. The second kappa shape index (κ2) is 5.51. The molecule has 0 amide bonds. The molecule has 0 aromatic carbocycles. The number of carbonyl (C=O) groups is 1. The average molecular weight is 242 g/mol. The quantitative estimate of drug-likeness (QED) is 0.763. The van der Waals surface area contributed by atoms with Gasteiger partial charge >= 0.3 is 0 Å². The van der Waals surface area contributed by atoms with Crippen molar-refractivity contribution in [3.05, 3.63) is 23.7 Å². The number of carbonyl (C=O) groups excluding carboxylic acids is 1. The van der Waals surface area contributed by atoms with Crippen molar-refractivity contribution in [2.24, 2.45) is 0 Å². The number of halogens is 1. The van der Waals surface area contributed by atoms with E-state index in [0.29, 0.717) is 0 Å². The van der Waals surface area contributed by atoms with E-state index in [1.165, 1.54) is 25.7 Å². The number of nitrogens with zero attached hydrogens (tertiary/aromatic N) is 1. The van der Waals surface area contributed by atoms with Crippen molar-refractivity contribution < 1.29 is 9.21 Å². The average Bonchev–Trinajstić information content (AvgIpc) is 2.56. The van der Waals surface area contributed by atoms with Gasteiger partial charge in [0.15, 0.2) is 5.76 Å². The van der Waals surface area contributed by atoms with E-state index >= 15 is 0 Å². The Kier molecular flexibility index (Phi) is 4.02. The molecule has 0 N–H and O–H groups in total. The van der Waals surface area contributed by atoms with Crippen molar-refractivity contribution in [1.29, 1.82) is 0 Å². The van der Waals surface area contributed by atoms with E-state index < -0.39 is 5.24 Å². The summed E-state index contributed by atoms with van der Waals surface area (Å²) in [5.74, 6) is 1.07. The van der Waals surface area contributed by atoms with E-state index in [-0.39, 0.29) is 5.76 Å². The van der Waals surface area contributed by atoms with Gasteiger partial charge in [-0.25, -0.2) is 0 Å². The van der Waals surface area contributed by atoms with Gasteiger partial charge in [-0.05, 0) is 49.7 Å². The van der Waals surface area contributed by atoms with Crippen molar-refractivity contribution >= 4 is 16.8 Å². The van der Waals surface area contributed by atoms with Gasteiger partial charge in [0.25, 0.3) is 5.24 Å². The highest BCUT2D eigenvalue weighted by molar-refractivity contribution is 6.67. The van der Waals surface area contributed by atoms with Crippen LogP contribution in [0.15, 0.2) is 16.5 Å². The second-order valence-corrected chi connectivity index (χ2v) is 4.57. The molecule has 1 saturated heterocycles. The molecule has 0 saturated carbocycles. The summed E-state index contributed by atoms with van der Waals surface area (Å²) in [5.41, 5.74) is 0.